The van der Waals surface area contributed by atoms with Crippen molar-refractivity contribution in [2.75, 3.05) is 19.8 Å². The summed E-state index contributed by atoms with van der Waals surface area (Å²) >= 11 is 0. The zero-order valence-electron chi connectivity index (χ0n) is 14.4. The van der Waals surface area contributed by atoms with Crippen molar-refractivity contribution in [3.63, 3.8) is 0 Å². The average molecular weight is 370 g/mol. The van der Waals surface area contributed by atoms with Crippen LogP contribution in [0.1, 0.15) is 44.2 Å². The molecule has 0 aromatic heterocycles. The maximum absolute atomic E-state index is 12.1. The number of primary sulfonamides is 1. The number of amides is 1. The van der Waals surface area contributed by atoms with Gasteiger partial charge >= 0.3 is 0 Å². The van der Waals surface area contributed by atoms with Crippen molar-refractivity contribution < 1.29 is 22.7 Å². The summed E-state index contributed by atoms with van der Waals surface area (Å²) in [6, 6.07) is 6.06. The van der Waals surface area contributed by atoms with E-state index in [0.29, 0.717) is 25.2 Å². The molecule has 1 aliphatic rings. The van der Waals surface area contributed by atoms with Crippen LogP contribution < -0.4 is 10.5 Å². The molecule has 1 saturated heterocycles. The lowest BCUT2D eigenvalue weighted by atomic mass is 10.0. The van der Waals surface area contributed by atoms with Crippen LogP contribution in [0, 0.1) is 0 Å². The standard InChI is InChI=1S/C17H26N2O5S/c1-2-16(13-5-3-7-15(11-13)25(18,21)22)19-17(20)8-10-23-12-14-6-4-9-24-14/h3,5,7,11,14,16H,2,4,6,8-10,12H2,1H3,(H,19,20)(H2,18,21,22)/t14-,16-/m1/s1. The lowest BCUT2D eigenvalue weighted by Crippen LogP contribution is -2.29. The third kappa shape index (κ3) is 6.39. The lowest BCUT2D eigenvalue weighted by molar-refractivity contribution is -0.123. The van der Waals surface area contributed by atoms with E-state index in [4.69, 9.17) is 14.6 Å². The molecule has 1 aliphatic heterocycles. The number of carbonyl (C=O) groups excluding carboxylic acids is 1. The van der Waals surface area contributed by atoms with Crippen molar-refractivity contribution in [1.29, 1.82) is 0 Å². The van der Waals surface area contributed by atoms with Crippen LogP contribution in [0.5, 0.6) is 0 Å². The van der Waals surface area contributed by atoms with Gasteiger partial charge in [-0.15, -0.1) is 0 Å². The predicted molar refractivity (Wildman–Crippen MR) is 93.4 cm³/mol. The minimum absolute atomic E-state index is 0.0394. The molecule has 2 rings (SSSR count). The molecule has 1 amide bonds. The Morgan fingerprint density at radius 2 is 2.28 bits per heavy atom. The maximum Gasteiger partial charge on any atom is 0.238 e. The van der Waals surface area contributed by atoms with Gasteiger partial charge in [-0.05, 0) is 37.0 Å². The Kier molecular flexibility index (Phi) is 7.37. The van der Waals surface area contributed by atoms with Crippen LogP contribution in [0.4, 0.5) is 0 Å². The van der Waals surface area contributed by atoms with Crippen molar-refractivity contribution >= 4 is 15.9 Å². The Morgan fingerprint density at radius 3 is 2.92 bits per heavy atom. The largest absolute Gasteiger partial charge is 0.378 e. The van der Waals surface area contributed by atoms with E-state index in [0.717, 1.165) is 19.4 Å². The molecule has 1 heterocycles. The van der Waals surface area contributed by atoms with Crippen LogP contribution in [0.2, 0.25) is 0 Å². The molecule has 0 radical (unpaired) electrons. The molecule has 8 heteroatoms. The second-order valence-corrected chi connectivity index (χ2v) is 7.67. The van der Waals surface area contributed by atoms with Crippen LogP contribution in [0.15, 0.2) is 29.2 Å². The first-order chi connectivity index (χ1) is 11.9. The Balaban J connectivity index is 1.83. The van der Waals surface area contributed by atoms with Gasteiger partial charge in [-0.3, -0.25) is 4.79 Å². The van der Waals surface area contributed by atoms with Crippen molar-refractivity contribution in [3.05, 3.63) is 29.8 Å². The Hall–Kier alpha value is -1.48. The molecule has 0 unspecified atom stereocenters. The monoisotopic (exact) mass is 370 g/mol. The van der Waals surface area contributed by atoms with Gasteiger partial charge in [-0.2, -0.15) is 0 Å². The molecular formula is C17H26N2O5S. The van der Waals surface area contributed by atoms with Gasteiger partial charge in [0.2, 0.25) is 15.9 Å². The number of nitrogens with one attached hydrogen (secondary N) is 1. The number of ether oxygens (including phenoxy) is 2. The van der Waals surface area contributed by atoms with E-state index in [1.807, 2.05) is 6.92 Å². The summed E-state index contributed by atoms with van der Waals surface area (Å²) in [5.74, 6) is -0.139. The molecule has 0 saturated carbocycles. The third-order valence-electron chi connectivity index (χ3n) is 4.13. The first kappa shape index (κ1) is 19.8. The Labute approximate surface area is 148 Å². The highest BCUT2D eigenvalue weighted by Gasteiger charge is 2.17. The highest BCUT2D eigenvalue weighted by molar-refractivity contribution is 7.89. The van der Waals surface area contributed by atoms with E-state index in [1.165, 1.54) is 12.1 Å². The van der Waals surface area contributed by atoms with Gasteiger partial charge in [0.1, 0.15) is 0 Å². The molecule has 140 valence electrons. The first-order valence-electron chi connectivity index (χ1n) is 8.51. The van der Waals surface area contributed by atoms with Crippen LogP contribution in [0.25, 0.3) is 0 Å². The van der Waals surface area contributed by atoms with Gasteiger partial charge in [0.15, 0.2) is 0 Å². The van der Waals surface area contributed by atoms with Crippen LogP contribution in [-0.4, -0.2) is 40.2 Å². The number of hydrogen-bond donors (Lipinski definition) is 2. The van der Waals surface area contributed by atoms with Crippen molar-refractivity contribution in [1.82, 2.24) is 5.32 Å². The highest BCUT2D eigenvalue weighted by atomic mass is 32.2. The number of carbonyl (C=O) groups is 1. The zero-order valence-corrected chi connectivity index (χ0v) is 15.3. The SMILES string of the molecule is CC[C@@H](NC(=O)CCOC[C@H]1CCCO1)c1cccc(S(N)(=O)=O)c1. The van der Waals surface area contributed by atoms with E-state index in [1.54, 1.807) is 12.1 Å². The van der Waals surface area contributed by atoms with Crippen molar-refractivity contribution in [2.24, 2.45) is 5.14 Å². The summed E-state index contributed by atoms with van der Waals surface area (Å²) in [7, 11) is -3.77. The molecule has 0 spiro atoms. The Morgan fingerprint density at radius 1 is 1.48 bits per heavy atom. The predicted octanol–water partition coefficient (Wildman–Crippen LogP) is 1.49. The number of sulfonamides is 1. The quantitative estimate of drug-likeness (QED) is 0.640. The fourth-order valence-corrected chi connectivity index (χ4v) is 3.32. The molecule has 2 atom stereocenters. The fourth-order valence-electron chi connectivity index (χ4n) is 2.75. The number of nitrogens with two attached hydrogens (primary N) is 1. The summed E-state index contributed by atoms with van der Waals surface area (Å²) in [4.78, 5) is 12.1. The summed E-state index contributed by atoms with van der Waals surface area (Å²) in [6.45, 7) is 3.55. The fraction of sp³-hybridized carbons (Fsp3) is 0.588. The van der Waals surface area contributed by atoms with Crippen LogP contribution in [-0.2, 0) is 24.3 Å². The van der Waals surface area contributed by atoms with Gasteiger partial charge in [0.05, 0.1) is 30.3 Å². The van der Waals surface area contributed by atoms with Gasteiger partial charge in [-0.1, -0.05) is 19.1 Å². The van der Waals surface area contributed by atoms with Crippen LogP contribution in [0.3, 0.4) is 0 Å². The molecule has 7 nitrogen and oxygen atoms in total. The Bertz CT molecular complexity index is 671. The molecule has 0 bridgehead atoms. The second-order valence-electron chi connectivity index (χ2n) is 6.11. The van der Waals surface area contributed by atoms with E-state index in [-0.39, 0.29) is 29.4 Å². The third-order valence-corrected chi connectivity index (χ3v) is 5.04. The van der Waals surface area contributed by atoms with E-state index < -0.39 is 10.0 Å². The second kappa shape index (κ2) is 9.28. The molecule has 25 heavy (non-hydrogen) atoms. The van der Waals surface area contributed by atoms with E-state index in [9.17, 15) is 13.2 Å². The van der Waals surface area contributed by atoms with Gasteiger partial charge < -0.3 is 14.8 Å². The van der Waals surface area contributed by atoms with Gasteiger partial charge in [-0.25, -0.2) is 13.6 Å². The maximum atomic E-state index is 12.1. The van der Waals surface area contributed by atoms with Crippen LogP contribution >= 0.6 is 0 Å². The molecule has 3 N–H and O–H groups in total. The molecule has 1 aromatic rings. The minimum atomic E-state index is -3.77. The molecule has 1 fully saturated rings. The number of hydrogen-bond acceptors (Lipinski definition) is 5. The minimum Gasteiger partial charge on any atom is -0.378 e. The van der Waals surface area contributed by atoms with E-state index >= 15 is 0 Å². The topological polar surface area (TPSA) is 108 Å². The van der Waals surface area contributed by atoms with Crippen molar-refractivity contribution in [3.8, 4) is 0 Å². The van der Waals surface area contributed by atoms with Crippen molar-refractivity contribution in [2.45, 2.75) is 49.6 Å². The van der Waals surface area contributed by atoms with Gasteiger partial charge in [0, 0.05) is 13.0 Å². The normalized spacial score (nSPS) is 18.9. The number of rotatable bonds is 9. The zero-order chi connectivity index (χ0) is 18.3. The molecule has 0 aliphatic carbocycles. The first-order valence-corrected chi connectivity index (χ1v) is 10.1. The highest BCUT2D eigenvalue weighted by Crippen LogP contribution is 2.20. The van der Waals surface area contributed by atoms with E-state index in [2.05, 4.69) is 5.32 Å². The smallest absolute Gasteiger partial charge is 0.238 e. The molecular weight excluding hydrogens is 344 g/mol. The summed E-state index contributed by atoms with van der Waals surface area (Å²) < 4.78 is 33.9. The summed E-state index contributed by atoms with van der Waals surface area (Å²) in [5, 5.41) is 8.06. The average Bonchev–Trinajstić information content (AvgIpc) is 3.09. The molecule has 1 aromatic carbocycles. The van der Waals surface area contributed by atoms with Gasteiger partial charge in [0.25, 0.3) is 0 Å². The summed E-state index contributed by atoms with van der Waals surface area (Å²) in [6.07, 6.45) is 3.09. The number of benzene rings is 1. The lowest BCUT2D eigenvalue weighted by Gasteiger charge is -2.18. The summed E-state index contributed by atoms with van der Waals surface area (Å²) in [5.41, 5.74) is 0.711.